The minimum absolute atomic E-state index is 0.00274. The molecule has 0 saturated carbocycles. The van der Waals surface area contributed by atoms with Crippen LogP contribution >= 0.6 is 0 Å². The number of ether oxygens (including phenoxy) is 3. The van der Waals surface area contributed by atoms with Gasteiger partial charge in [-0.1, -0.05) is 25.5 Å². The van der Waals surface area contributed by atoms with Crippen molar-refractivity contribution >= 4 is 6.29 Å². The summed E-state index contributed by atoms with van der Waals surface area (Å²) < 4.78 is 17.0. The van der Waals surface area contributed by atoms with Crippen LogP contribution in [0.4, 0.5) is 0 Å². The van der Waals surface area contributed by atoms with Gasteiger partial charge in [0.15, 0.2) is 0 Å². The van der Waals surface area contributed by atoms with E-state index in [9.17, 15) is 9.90 Å². The predicted octanol–water partition coefficient (Wildman–Crippen LogP) is 5.31. The number of aldehydes is 1. The number of phenolic OH excluding ortho intramolecular Hbond substituents is 1. The second-order valence-electron chi connectivity index (χ2n) is 9.16. The molecule has 0 aromatic heterocycles. The summed E-state index contributed by atoms with van der Waals surface area (Å²) >= 11 is 0. The predicted molar refractivity (Wildman–Crippen MR) is 121 cm³/mol. The number of allylic oxidation sites excluding steroid dienone is 3. The topological polar surface area (TPSA) is 65.0 Å². The second-order valence-corrected chi connectivity index (χ2v) is 9.16. The number of aromatic hydroxyl groups is 1. The second kappa shape index (κ2) is 10.4. The molecule has 1 unspecified atom stereocenters. The van der Waals surface area contributed by atoms with E-state index in [0.717, 1.165) is 48.9 Å². The van der Waals surface area contributed by atoms with Crippen LogP contribution in [0.3, 0.4) is 0 Å². The SMILES string of the molecule is COC1=C[C@H](OC)C[C@H](COc2cc(O)c(C3CCC(C(C)C)=C[C@H]3C=O)cc2C)C1. The van der Waals surface area contributed by atoms with Gasteiger partial charge in [0.2, 0.25) is 0 Å². The van der Waals surface area contributed by atoms with E-state index < -0.39 is 0 Å². The van der Waals surface area contributed by atoms with Crippen molar-refractivity contribution in [3.05, 3.63) is 46.7 Å². The van der Waals surface area contributed by atoms with Gasteiger partial charge in [0.25, 0.3) is 0 Å². The lowest BCUT2D eigenvalue weighted by Gasteiger charge is -2.30. The number of hydrogen-bond donors (Lipinski definition) is 1. The average molecular weight is 429 g/mol. The van der Waals surface area contributed by atoms with E-state index in [4.69, 9.17) is 14.2 Å². The van der Waals surface area contributed by atoms with E-state index in [1.165, 1.54) is 5.57 Å². The molecule has 0 bridgehead atoms. The van der Waals surface area contributed by atoms with Crippen molar-refractivity contribution in [3.8, 4) is 11.5 Å². The number of carbonyl (C=O) groups is 1. The van der Waals surface area contributed by atoms with Crippen LogP contribution < -0.4 is 4.74 Å². The van der Waals surface area contributed by atoms with Crippen LogP contribution in [0, 0.1) is 24.7 Å². The fourth-order valence-electron chi connectivity index (χ4n) is 4.78. The number of phenols is 1. The van der Waals surface area contributed by atoms with E-state index in [-0.39, 0.29) is 29.6 Å². The van der Waals surface area contributed by atoms with Crippen LogP contribution in [-0.2, 0) is 14.3 Å². The minimum Gasteiger partial charge on any atom is -0.508 e. The van der Waals surface area contributed by atoms with Crippen molar-refractivity contribution < 1.29 is 24.1 Å². The minimum atomic E-state index is -0.198. The standard InChI is InChI=1S/C26H36O5/c1-16(2)19-6-7-23(20(11-19)14-27)24-8-17(3)26(13-25(24)28)31-15-18-9-21(29-4)12-22(10-18)30-5/h8,11-14,16,18,20-21,23,28H,6-7,9-10,15H2,1-5H3/t18-,20-,21+,23?/m0/s1. The third-order valence-corrected chi connectivity index (χ3v) is 6.70. The third-order valence-electron chi connectivity index (χ3n) is 6.70. The maximum absolute atomic E-state index is 11.8. The van der Waals surface area contributed by atoms with E-state index in [1.54, 1.807) is 20.3 Å². The Morgan fingerprint density at radius 3 is 2.65 bits per heavy atom. The highest BCUT2D eigenvalue weighted by Crippen LogP contribution is 2.43. The molecule has 0 spiro atoms. The van der Waals surface area contributed by atoms with E-state index in [1.807, 2.05) is 19.1 Å². The van der Waals surface area contributed by atoms with Crippen molar-refractivity contribution in [2.45, 2.75) is 58.5 Å². The summed E-state index contributed by atoms with van der Waals surface area (Å²) in [5.41, 5.74) is 3.14. The maximum atomic E-state index is 11.8. The molecule has 4 atom stereocenters. The molecule has 5 nitrogen and oxygen atoms in total. The normalized spacial score (nSPS) is 26.3. The Balaban J connectivity index is 1.72. The summed E-state index contributed by atoms with van der Waals surface area (Å²) in [6.45, 7) is 6.84. The van der Waals surface area contributed by atoms with Gasteiger partial charge in [0, 0.05) is 37.4 Å². The highest BCUT2D eigenvalue weighted by Gasteiger charge is 2.29. The van der Waals surface area contributed by atoms with E-state index in [2.05, 4.69) is 19.9 Å². The lowest BCUT2D eigenvalue weighted by Crippen LogP contribution is -2.25. The molecule has 0 radical (unpaired) electrons. The molecule has 0 aliphatic heterocycles. The number of carbonyl (C=O) groups excluding carboxylic acids is 1. The van der Waals surface area contributed by atoms with E-state index >= 15 is 0 Å². The number of rotatable bonds is 8. The van der Waals surface area contributed by atoms with Crippen LogP contribution in [0.5, 0.6) is 11.5 Å². The molecular formula is C26H36O5. The van der Waals surface area contributed by atoms with Gasteiger partial charge in [-0.15, -0.1) is 0 Å². The largest absolute Gasteiger partial charge is 0.508 e. The van der Waals surface area contributed by atoms with E-state index in [0.29, 0.717) is 18.3 Å². The Bertz CT molecular complexity index is 838. The molecular weight excluding hydrogens is 392 g/mol. The average Bonchev–Trinajstić information content (AvgIpc) is 2.78. The lowest BCUT2D eigenvalue weighted by atomic mass is 9.75. The smallest absolute Gasteiger partial charge is 0.127 e. The Kier molecular flexibility index (Phi) is 7.82. The lowest BCUT2D eigenvalue weighted by molar-refractivity contribution is -0.110. The van der Waals surface area contributed by atoms with Crippen molar-refractivity contribution in [2.75, 3.05) is 20.8 Å². The molecule has 3 rings (SSSR count). The molecule has 1 aromatic rings. The van der Waals surface area contributed by atoms with Crippen LogP contribution in [0.1, 0.15) is 56.6 Å². The molecule has 0 heterocycles. The number of aryl methyl sites for hydroxylation is 1. The van der Waals surface area contributed by atoms with Gasteiger partial charge in [-0.3, -0.25) is 0 Å². The molecule has 0 fully saturated rings. The summed E-state index contributed by atoms with van der Waals surface area (Å²) in [5.74, 6) is 2.34. The summed E-state index contributed by atoms with van der Waals surface area (Å²) in [6.07, 6.45) is 8.68. The summed E-state index contributed by atoms with van der Waals surface area (Å²) in [5, 5.41) is 10.8. The van der Waals surface area contributed by atoms with Crippen LogP contribution in [0.2, 0.25) is 0 Å². The molecule has 2 aliphatic carbocycles. The van der Waals surface area contributed by atoms with Crippen LogP contribution in [0.15, 0.2) is 35.6 Å². The maximum Gasteiger partial charge on any atom is 0.127 e. The zero-order chi connectivity index (χ0) is 22.5. The van der Waals surface area contributed by atoms with Crippen molar-refractivity contribution in [1.29, 1.82) is 0 Å². The molecule has 1 N–H and O–H groups in total. The van der Waals surface area contributed by atoms with Crippen LogP contribution in [-0.4, -0.2) is 38.3 Å². The summed E-state index contributed by atoms with van der Waals surface area (Å²) in [4.78, 5) is 11.8. The Labute approximate surface area is 186 Å². The highest BCUT2D eigenvalue weighted by molar-refractivity contribution is 5.61. The molecule has 31 heavy (non-hydrogen) atoms. The fraction of sp³-hybridized carbons (Fsp3) is 0.577. The summed E-state index contributed by atoms with van der Waals surface area (Å²) in [6, 6.07) is 3.69. The van der Waals surface area contributed by atoms with Gasteiger partial charge in [0.1, 0.15) is 17.8 Å². The fourth-order valence-corrected chi connectivity index (χ4v) is 4.78. The first-order valence-corrected chi connectivity index (χ1v) is 11.3. The molecule has 0 amide bonds. The molecule has 170 valence electrons. The first kappa shape index (κ1) is 23.4. The first-order chi connectivity index (χ1) is 14.9. The number of hydrogen-bond acceptors (Lipinski definition) is 5. The quantitative estimate of drug-likeness (QED) is 0.449. The Morgan fingerprint density at radius 2 is 2.00 bits per heavy atom. The Morgan fingerprint density at radius 1 is 1.23 bits per heavy atom. The molecule has 2 aliphatic rings. The van der Waals surface area contributed by atoms with Crippen LogP contribution in [0.25, 0.3) is 0 Å². The van der Waals surface area contributed by atoms with Crippen molar-refractivity contribution in [1.82, 2.24) is 0 Å². The Hall–Kier alpha value is -2.27. The van der Waals surface area contributed by atoms with Gasteiger partial charge in [-0.2, -0.15) is 0 Å². The zero-order valence-corrected chi connectivity index (χ0v) is 19.4. The van der Waals surface area contributed by atoms with Gasteiger partial charge in [-0.05, 0) is 55.4 Å². The monoisotopic (exact) mass is 428 g/mol. The number of methoxy groups -OCH3 is 2. The van der Waals surface area contributed by atoms with Gasteiger partial charge in [-0.25, -0.2) is 0 Å². The molecule has 0 saturated heterocycles. The van der Waals surface area contributed by atoms with Crippen molar-refractivity contribution in [3.63, 3.8) is 0 Å². The van der Waals surface area contributed by atoms with Gasteiger partial charge < -0.3 is 24.1 Å². The van der Waals surface area contributed by atoms with Gasteiger partial charge >= 0.3 is 0 Å². The van der Waals surface area contributed by atoms with Gasteiger partial charge in [0.05, 0.1) is 25.6 Å². The molecule has 5 heteroatoms. The zero-order valence-electron chi connectivity index (χ0n) is 19.4. The highest BCUT2D eigenvalue weighted by atomic mass is 16.5. The molecule has 1 aromatic carbocycles. The van der Waals surface area contributed by atoms with Crippen molar-refractivity contribution in [2.24, 2.45) is 17.8 Å². The summed E-state index contributed by atoms with van der Waals surface area (Å²) in [7, 11) is 3.38. The third kappa shape index (κ3) is 5.51. The first-order valence-electron chi connectivity index (χ1n) is 11.3. The number of benzene rings is 1.